The lowest BCUT2D eigenvalue weighted by Crippen LogP contribution is -2.40. The summed E-state index contributed by atoms with van der Waals surface area (Å²) in [6.45, 7) is 4.36. The van der Waals surface area contributed by atoms with Crippen molar-refractivity contribution in [1.29, 1.82) is 0 Å². The maximum atomic E-state index is 12.9. The number of aromatic nitrogens is 6. The van der Waals surface area contributed by atoms with Crippen molar-refractivity contribution in [3.63, 3.8) is 0 Å². The van der Waals surface area contributed by atoms with E-state index in [9.17, 15) is 50.4 Å². The standard InChI is InChI=1S/C16H14ClF3N2O4.C11H8ClNO3.C11H11N5O6S2/c1-8(2)26-14(24)10-6-9(4-5-11(10)17)22-13(23)7-12(16(18,19)20)21(3)15(22)25;12-8-3-4-9(16-6-10(14)15)11-7(8)2-1-5-13-11;1-5-12-9(15-11(13-5)22-2)14-10(19)16-24(20,21)6-3-4-23-7(6)8(17)18/h4-8H,1-3H3;1-5H,6H2,(H,14,15);3-4H,1-2H3,(H,17,18)(H2,12,13,14,15,16,19). The molecular formula is C38H33Cl2F3N8O13S2. The van der Waals surface area contributed by atoms with Crippen LogP contribution in [0, 0.1) is 6.92 Å². The third-order valence-corrected chi connectivity index (χ3v) is 11.0. The molecular weight excluding hydrogens is 968 g/mol. The number of aromatic carboxylic acids is 1. The second kappa shape index (κ2) is 21.7. The Hall–Kier alpha value is -7.16. The number of aliphatic carboxylic acids is 1. The molecule has 2 amide bonds. The lowest BCUT2D eigenvalue weighted by molar-refractivity contribution is -0.144. The van der Waals surface area contributed by atoms with Crippen molar-refractivity contribution in [2.24, 2.45) is 7.05 Å². The number of alkyl halides is 3. The topological polar surface area (TPSA) is 290 Å². The molecule has 0 saturated heterocycles. The molecule has 0 spiro atoms. The number of rotatable bonds is 11. The molecule has 21 nitrogen and oxygen atoms in total. The van der Waals surface area contributed by atoms with Gasteiger partial charge in [0.25, 0.3) is 15.6 Å². The Morgan fingerprint density at radius 1 is 0.970 bits per heavy atom. The molecule has 0 unspecified atom stereocenters. The smallest absolute Gasteiger partial charge is 0.431 e. The summed E-state index contributed by atoms with van der Waals surface area (Å²) in [5.41, 5.74) is -3.44. The summed E-state index contributed by atoms with van der Waals surface area (Å²) < 4.78 is 80.3. The van der Waals surface area contributed by atoms with Gasteiger partial charge in [0, 0.05) is 24.7 Å². The number of thiophene rings is 1. The molecule has 0 radical (unpaired) electrons. The highest BCUT2D eigenvalue weighted by Crippen LogP contribution is 2.30. The van der Waals surface area contributed by atoms with Gasteiger partial charge in [0.15, 0.2) is 6.61 Å². The molecule has 6 aromatic rings. The quantitative estimate of drug-likeness (QED) is 0.115. The van der Waals surface area contributed by atoms with Crippen LogP contribution in [0.1, 0.15) is 45.4 Å². The zero-order valence-electron chi connectivity index (χ0n) is 34.4. The Morgan fingerprint density at radius 2 is 1.65 bits per heavy atom. The molecule has 0 bridgehead atoms. The zero-order chi connectivity index (χ0) is 49.3. The highest BCUT2D eigenvalue weighted by Gasteiger charge is 2.35. The maximum absolute atomic E-state index is 12.9. The van der Waals surface area contributed by atoms with E-state index in [-0.39, 0.29) is 34.1 Å². The number of sulfonamides is 1. The Labute approximate surface area is 383 Å². The van der Waals surface area contributed by atoms with Crippen LogP contribution in [-0.2, 0) is 32.8 Å². The third-order valence-electron chi connectivity index (χ3n) is 7.89. The molecule has 4 aromatic heterocycles. The Bertz CT molecular complexity index is 3060. The number of aryl methyl sites for hydroxylation is 1. The van der Waals surface area contributed by atoms with E-state index in [2.05, 4.69) is 25.3 Å². The largest absolute Gasteiger partial charge is 0.480 e. The molecule has 350 valence electrons. The summed E-state index contributed by atoms with van der Waals surface area (Å²) in [4.78, 5) is 84.2. The predicted molar refractivity (Wildman–Crippen MR) is 229 cm³/mol. The van der Waals surface area contributed by atoms with E-state index in [1.165, 1.54) is 31.5 Å². The van der Waals surface area contributed by atoms with Crippen molar-refractivity contribution in [3.05, 3.63) is 119 Å². The first-order valence-electron chi connectivity index (χ1n) is 18.0. The lowest BCUT2D eigenvalue weighted by atomic mass is 10.2. The zero-order valence-corrected chi connectivity index (χ0v) is 37.6. The van der Waals surface area contributed by atoms with Gasteiger partial charge in [-0.2, -0.15) is 28.1 Å². The summed E-state index contributed by atoms with van der Waals surface area (Å²) in [5, 5.41) is 22.2. The van der Waals surface area contributed by atoms with Gasteiger partial charge >= 0.3 is 41.8 Å². The number of carbonyl (C=O) groups excluding carboxylic acids is 2. The van der Waals surface area contributed by atoms with Crippen LogP contribution in [0.15, 0.2) is 80.7 Å². The van der Waals surface area contributed by atoms with Gasteiger partial charge in [-0.3, -0.25) is 19.7 Å². The predicted octanol–water partition coefficient (Wildman–Crippen LogP) is 5.58. The van der Waals surface area contributed by atoms with Gasteiger partial charge in [0.1, 0.15) is 32.6 Å². The number of esters is 1. The minimum absolute atomic E-state index is 0.0104. The number of hydrogen-bond acceptors (Lipinski definition) is 16. The van der Waals surface area contributed by atoms with Crippen LogP contribution in [0.3, 0.4) is 0 Å². The van der Waals surface area contributed by atoms with Crippen molar-refractivity contribution in [2.45, 2.75) is 37.9 Å². The average molecular weight is 1000 g/mol. The van der Waals surface area contributed by atoms with Gasteiger partial charge < -0.3 is 24.4 Å². The number of benzene rings is 2. The van der Waals surface area contributed by atoms with Crippen LogP contribution >= 0.6 is 34.5 Å². The summed E-state index contributed by atoms with van der Waals surface area (Å²) in [7, 11) is -2.17. The van der Waals surface area contributed by atoms with Crippen LogP contribution in [0.25, 0.3) is 16.6 Å². The molecule has 0 atom stereocenters. The number of amides is 2. The van der Waals surface area contributed by atoms with Crippen LogP contribution in [-0.4, -0.2) is 91.5 Å². The van der Waals surface area contributed by atoms with Crippen LogP contribution in [0.5, 0.6) is 11.8 Å². The molecule has 2 aromatic carbocycles. The number of anilines is 1. The summed E-state index contributed by atoms with van der Waals surface area (Å²) in [6, 6.07) is 10.6. The first kappa shape index (κ1) is 51.5. The molecule has 6 rings (SSSR count). The van der Waals surface area contributed by atoms with E-state index < -0.39 is 79.6 Å². The summed E-state index contributed by atoms with van der Waals surface area (Å²) in [6.07, 6.45) is -3.70. The molecule has 66 heavy (non-hydrogen) atoms. The molecule has 0 aliphatic carbocycles. The molecule has 0 saturated carbocycles. The Kier molecular flexibility index (Phi) is 16.9. The number of ether oxygens (including phenoxy) is 3. The average Bonchev–Trinajstić information content (AvgIpc) is 3.74. The van der Waals surface area contributed by atoms with Gasteiger partial charge in [0.05, 0.1) is 34.5 Å². The van der Waals surface area contributed by atoms with E-state index in [1.54, 1.807) is 49.0 Å². The second-order valence-corrected chi connectivity index (χ2v) is 16.3. The number of carbonyl (C=O) groups is 4. The third kappa shape index (κ3) is 13.2. The molecule has 0 aliphatic heterocycles. The van der Waals surface area contributed by atoms with E-state index in [4.69, 9.17) is 47.6 Å². The normalized spacial score (nSPS) is 11.1. The van der Waals surface area contributed by atoms with E-state index in [0.717, 1.165) is 35.9 Å². The number of carboxylic acids is 2. The number of nitrogens with one attached hydrogen (secondary N) is 2. The minimum Gasteiger partial charge on any atom is -0.480 e. The van der Waals surface area contributed by atoms with Crippen molar-refractivity contribution in [2.75, 3.05) is 19.0 Å². The first-order chi connectivity index (χ1) is 30.8. The lowest BCUT2D eigenvalue weighted by Gasteiger charge is -2.15. The molecule has 0 aliphatic rings. The number of hydrogen-bond donors (Lipinski definition) is 4. The Balaban J connectivity index is 0.000000222. The number of methoxy groups -OCH3 is 1. The van der Waals surface area contributed by atoms with Gasteiger partial charge in [-0.05, 0) is 74.7 Å². The minimum atomic E-state index is -4.86. The van der Waals surface area contributed by atoms with Crippen molar-refractivity contribution in [1.82, 2.24) is 33.8 Å². The fourth-order valence-electron chi connectivity index (χ4n) is 5.16. The van der Waals surface area contributed by atoms with Gasteiger partial charge in [-0.25, -0.2) is 41.7 Å². The van der Waals surface area contributed by atoms with Crippen LogP contribution < -0.4 is 30.8 Å². The number of halogens is 5. The number of urea groups is 1. The second-order valence-electron chi connectivity index (χ2n) is 13.0. The number of pyridine rings is 1. The fourth-order valence-corrected chi connectivity index (χ4v) is 7.74. The van der Waals surface area contributed by atoms with E-state index in [1.807, 2.05) is 0 Å². The van der Waals surface area contributed by atoms with Crippen molar-refractivity contribution in [3.8, 4) is 17.4 Å². The van der Waals surface area contributed by atoms with Crippen molar-refractivity contribution < 1.29 is 65.2 Å². The molecule has 28 heteroatoms. The number of nitrogens with zero attached hydrogens (tertiary/aromatic N) is 6. The first-order valence-corrected chi connectivity index (χ1v) is 21.2. The maximum Gasteiger partial charge on any atom is 0.431 e. The van der Waals surface area contributed by atoms with Gasteiger partial charge in [0.2, 0.25) is 5.95 Å². The number of carboxylic acid groups (broad SMARTS) is 2. The van der Waals surface area contributed by atoms with Gasteiger partial charge in [-0.15, -0.1) is 11.3 Å². The summed E-state index contributed by atoms with van der Waals surface area (Å²) in [5.74, 6) is -2.80. The highest BCUT2D eigenvalue weighted by atomic mass is 35.5. The molecule has 4 heterocycles. The number of fused-ring (bicyclic) bond motifs is 1. The summed E-state index contributed by atoms with van der Waals surface area (Å²) >= 11 is 12.6. The van der Waals surface area contributed by atoms with E-state index >= 15 is 0 Å². The Morgan fingerprint density at radius 3 is 2.27 bits per heavy atom. The van der Waals surface area contributed by atoms with Gasteiger partial charge in [-0.1, -0.05) is 23.2 Å². The van der Waals surface area contributed by atoms with Crippen LogP contribution in [0.2, 0.25) is 10.0 Å². The van der Waals surface area contributed by atoms with Crippen LogP contribution in [0.4, 0.5) is 23.9 Å². The fraction of sp³-hybridized carbons (Fsp3) is 0.211. The van der Waals surface area contributed by atoms with Crippen molar-refractivity contribution >= 4 is 85.4 Å². The van der Waals surface area contributed by atoms with E-state index in [0.29, 0.717) is 31.5 Å². The SMILES string of the molecule is CC(C)OC(=O)c1cc(-n2c(=O)cc(C(F)(F)F)n(C)c2=O)ccc1Cl.COc1nc(C)nc(NC(=O)NS(=O)(=O)c2ccsc2C(=O)O)n1.O=C(O)COc1ccc(Cl)c2cccnc12. The highest BCUT2D eigenvalue weighted by molar-refractivity contribution is 7.90. The monoisotopic (exact) mass is 1000 g/mol. The molecule has 4 N–H and O–H groups in total. The molecule has 0 fully saturated rings.